The van der Waals surface area contributed by atoms with Crippen LogP contribution < -0.4 is 0 Å². The van der Waals surface area contributed by atoms with Crippen molar-refractivity contribution in [2.75, 3.05) is 13.7 Å². The van der Waals surface area contributed by atoms with Crippen LogP contribution in [-0.2, 0) is 9.53 Å². The minimum absolute atomic E-state index is 0.0272. The fourth-order valence-corrected chi connectivity index (χ4v) is 3.20. The van der Waals surface area contributed by atoms with E-state index >= 15 is 0 Å². The Labute approximate surface area is 152 Å². The van der Waals surface area contributed by atoms with Gasteiger partial charge in [0.2, 0.25) is 0 Å². The Hall–Kier alpha value is -1.39. The van der Waals surface area contributed by atoms with Crippen LogP contribution in [0.4, 0.5) is 0 Å². The second-order valence-electron chi connectivity index (χ2n) is 6.63. The Bertz CT molecular complexity index is 465. The molecule has 4 heteroatoms. The highest BCUT2D eigenvalue weighted by Crippen LogP contribution is 2.34. The summed E-state index contributed by atoms with van der Waals surface area (Å²) >= 11 is 0. The van der Waals surface area contributed by atoms with E-state index in [2.05, 4.69) is 19.1 Å². The molecule has 0 spiro atoms. The van der Waals surface area contributed by atoms with Gasteiger partial charge in [-0.05, 0) is 25.7 Å². The van der Waals surface area contributed by atoms with Gasteiger partial charge >= 0.3 is 5.97 Å². The molecule has 0 saturated carbocycles. The van der Waals surface area contributed by atoms with Crippen molar-refractivity contribution in [3.8, 4) is 0 Å². The summed E-state index contributed by atoms with van der Waals surface area (Å²) < 4.78 is 4.94. The van der Waals surface area contributed by atoms with Crippen molar-refractivity contribution < 1.29 is 19.7 Å². The maximum Gasteiger partial charge on any atom is 0.333 e. The molecule has 1 aliphatic carbocycles. The average Bonchev–Trinajstić information content (AvgIpc) is 2.98. The molecule has 3 atom stereocenters. The van der Waals surface area contributed by atoms with Crippen LogP contribution in [0.2, 0.25) is 0 Å². The molecule has 0 aromatic rings. The zero-order chi connectivity index (χ0) is 18.5. The minimum Gasteiger partial charge on any atom is -0.466 e. The van der Waals surface area contributed by atoms with Crippen LogP contribution in [0.15, 0.2) is 36.0 Å². The number of hydrogen-bond donors (Lipinski definition) is 2. The lowest BCUT2D eigenvalue weighted by Gasteiger charge is -2.22. The molecule has 1 rings (SSSR count). The molecule has 0 aromatic heterocycles. The average molecular weight is 350 g/mol. The van der Waals surface area contributed by atoms with Crippen molar-refractivity contribution in [2.24, 2.45) is 11.8 Å². The zero-order valence-electron chi connectivity index (χ0n) is 15.7. The Morgan fingerprint density at radius 1 is 1.12 bits per heavy atom. The van der Waals surface area contributed by atoms with Gasteiger partial charge < -0.3 is 14.9 Å². The van der Waals surface area contributed by atoms with Crippen LogP contribution in [0.3, 0.4) is 0 Å². The largest absolute Gasteiger partial charge is 0.466 e. The van der Waals surface area contributed by atoms with E-state index in [0.29, 0.717) is 5.57 Å². The standard InChI is InChI=1S/C21H34O4/c1-3-4-9-13-18(21(24)25-2)20-17(14-15-19(20)23)12-10-7-5-6-8-11-16-22/h10,12-15,17,19-20,22-23H,3-9,11,16H2,1-2H3/t17-,19-,20?/m1/s1. The smallest absolute Gasteiger partial charge is 0.333 e. The monoisotopic (exact) mass is 350 g/mol. The van der Waals surface area contributed by atoms with Crippen molar-refractivity contribution in [2.45, 2.75) is 64.4 Å². The highest BCUT2D eigenvalue weighted by atomic mass is 16.5. The number of methoxy groups -OCH3 is 1. The fourth-order valence-electron chi connectivity index (χ4n) is 3.20. The first-order chi connectivity index (χ1) is 12.2. The van der Waals surface area contributed by atoms with Gasteiger partial charge in [-0.1, -0.05) is 63.0 Å². The Balaban J connectivity index is 2.66. The fraction of sp³-hybridized carbons (Fsp3) is 0.667. The van der Waals surface area contributed by atoms with E-state index in [4.69, 9.17) is 9.84 Å². The molecule has 0 fully saturated rings. The van der Waals surface area contributed by atoms with E-state index in [9.17, 15) is 9.90 Å². The Morgan fingerprint density at radius 3 is 2.56 bits per heavy atom. The highest BCUT2D eigenvalue weighted by Gasteiger charge is 2.35. The lowest BCUT2D eigenvalue weighted by molar-refractivity contribution is -0.137. The summed E-state index contributed by atoms with van der Waals surface area (Å²) in [5.41, 5.74) is 0.589. The van der Waals surface area contributed by atoms with Gasteiger partial charge in [-0.25, -0.2) is 4.79 Å². The number of hydrogen-bond acceptors (Lipinski definition) is 4. The third-order valence-corrected chi connectivity index (χ3v) is 4.65. The summed E-state index contributed by atoms with van der Waals surface area (Å²) in [5.74, 6) is -0.569. The van der Waals surface area contributed by atoms with Gasteiger partial charge in [0.15, 0.2) is 0 Å². The first kappa shape index (κ1) is 21.7. The van der Waals surface area contributed by atoms with Crippen LogP contribution in [0.1, 0.15) is 58.3 Å². The van der Waals surface area contributed by atoms with Crippen molar-refractivity contribution in [1.29, 1.82) is 0 Å². The number of aliphatic hydroxyl groups is 2. The van der Waals surface area contributed by atoms with Crippen molar-refractivity contribution >= 4 is 5.97 Å². The van der Waals surface area contributed by atoms with E-state index in [1.165, 1.54) is 7.11 Å². The predicted octanol–water partition coefficient (Wildman–Crippen LogP) is 3.94. The topological polar surface area (TPSA) is 66.8 Å². The molecule has 25 heavy (non-hydrogen) atoms. The number of ether oxygens (including phenoxy) is 1. The van der Waals surface area contributed by atoms with Gasteiger partial charge in [0.05, 0.1) is 13.2 Å². The summed E-state index contributed by atoms with van der Waals surface area (Å²) in [4.78, 5) is 12.2. The summed E-state index contributed by atoms with van der Waals surface area (Å²) in [5, 5.41) is 19.1. The van der Waals surface area contributed by atoms with Gasteiger partial charge in [0.1, 0.15) is 0 Å². The van der Waals surface area contributed by atoms with Crippen LogP contribution in [0.25, 0.3) is 0 Å². The molecule has 0 aromatic carbocycles. The van der Waals surface area contributed by atoms with Crippen molar-refractivity contribution in [1.82, 2.24) is 0 Å². The molecular formula is C21H34O4. The number of unbranched alkanes of at least 4 members (excludes halogenated alkanes) is 6. The lowest BCUT2D eigenvalue weighted by Crippen LogP contribution is -2.26. The lowest BCUT2D eigenvalue weighted by atomic mass is 9.85. The Morgan fingerprint density at radius 2 is 1.88 bits per heavy atom. The number of carbonyl (C=O) groups excluding carboxylic acids is 1. The number of allylic oxidation sites excluding steroid dienone is 4. The molecule has 2 N–H and O–H groups in total. The van der Waals surface area contributed by atoms with E-state index in [1.807, 2.05) is 12.2 Å². The maximum absolute atomic E-state index is 12.2. The molecule has 142 valence electrons. The highest BCUT2D eigenvalue weighted by molar-refractivity contribution is 5.89. The van der Waals surface area contributed by atoms with Gasteiger partial charge in [0.25, 0.3) is 0 Å². The molecule has 1 aliphatic rings. The van der Waals surface area contributed by atoms with Crippen molar-refractivity contribution in [3.63, 3.8) is 0 Å². The quantitative estimate of drug-likeness (QED) is 0.242. The van der Waals surface area contributed by atoms with Crippen LogP contribution in [0, 0.1) is 11.8 Å². The van der Waals surface area contributed by atoms with Crippen LogP contribution in [-0.4, -0.2) is 36.0 Å². The first-order valence-electron chi connectivity index (χ1n) is 9.58. The first-order valence-corrected chi connectivity index (χ1v) is 9.58. The second-order valence-corrected chi connectivity index (χ2v) is 6.63. The Kier molecular flexibility index (Phi) is 11.2. The molecular weight excluding hydrogens is 316 g/mol. The molecule has 1 unspecified atom stereocenters. The molecule has 0 amide bonds. The van der Waals surface area contributed by atoms with Gasteiger partial charge in [-0.3, -0.25) is 0 Å². The number of esters is 1. The maximum atomic E-state index is 12.2. The summed E-state index contributed by atoms with van der Waals surface area (Å²) in [7, 11) is 1.39. The van der Waals surface area contributed by atoms with Crippen LogP contribution in [0.5, 0.6) is 0 Å². The molecule has 4 nitrogen and oxygen atoms in total. The van der Waals surface area contributed by atoms with Gasteiger partial charge in [-0.15, -0.1) is 0 Å². The second kappa shape index (κ2) is 12.9. The third kappa shape index (κ3) is 7.57. The molecule has 0 aliphatic heterocycles. The third-order valence-electron chi connectivity index (χ3n) is 4.65. The molecule has 0 saturated heterocycles. The summed E-state index contributed by atoms with van der Waals surface area (Å²) in [6.07, 6.45) is 17.3. The molecule has 0 bridgehead atoms. The van der Waals surface area contributed by atoms with E-state index < -0.39 is 6.10 Å². The van der Waals surface area contributed by atoms with E-state index in [0.717, 1.165) is 51.4 Å². The SMILES string of the molecule is CCCCC=C(C(=O)OC)C1[C@H](C=CCCCCCCO)C=C[C@H]1O. The predicted molar refractivity (Wildman–Crippen MR) is 101 cm³/mol. The van der Waals surface area contributed by atoms with Gasteiger partial charge in [-0.2, -0.15) is 0 Å². The van der Waals surface area contributed by atoms with Crippen LogP contribution >= 0.6 is 0 Å². The summed E-state index contributed by atoms with van der Waals surface area (Å²) in [6.45, 7) is 2.38. The van der Waals surface area contributed by atoms with Gasteiger partial charge in [0, 0.05) is 24.0 Å². The zero-order valence-corrected chi connectivity index (χ0v) is 15.7. The van der Waals surface area contributed by atoms with E-state index in [1.54, 1.807) is 6.08 Å². The minimum atomic E-state index is -0.647. The normalized spacial score (nSPS) is 23.5. The van der Waals surface area contributed by atoms with E-state index in [-0.39, 0.29) is 24.4 Å². The molecule has 0 heterocycles. The summed E-state index contributed by atoms with van der Waals surface area (Å²) in [6, 6.07) is 0. The number of aliphatic hydroxyl groups excluding tert-OH is 2. The molecule has 0 radical (unpaired) electrons. The van der Waals surface area contributed by atoms with Crippen molar-refractivity contribution in [3.05, 3.63) is 36.0 Å². The number of rotatable bonds is 12. The number of carbonyl (C=O) groups is 1.